The van der Waals surface area contributed by atoms with Crippen molar-refractivity contribution in [2.75, 3.05) is 26.9 Å². The molecule has 4 aliphatic carbocycles. The summed E-state index contributed by atoms with van der Waals surface area (Å²) in [7, 11) is 1.69. The van der Waals surface area contributed by atoms with Gasteiger partial charge in [0.1, 0.15) is 28.2 Å². The Morgan fingerprint density at radius 2 is 0.955 bits per heavy atom. The third-order valence-corrected chi connectivity index (χ3v) is 17.8. The maximum atomic E-state index is 11.8. The van der Waals surface area contributed by atoms with Gasteiger partial charge in [0.15, 0.2) is 6.29 Å². The zero-order valence-corrected chi connectivity index (χ0v) is 57.8. The molecule has 0 amide bonds. The minimum absolute atomic E-state index is 0.00854. The molecule has 2 atom stereocenters. The highest BCUT2D eigenvalue weighted by Gasteiger charge is 2.51. The zero-order chi connectivity index (χ0) is 67.5. The summed E-state index contributed by atoms with van der Waals surface area (Å²) in [6.07, 6.45) is 19.3. The molecule has 1 aromatic rings. The van der Waals surface area contributed by atoms with Gasteiger partial charge in [-0.05, 0) is 181 Å². The van der Waals surface area contributed by atoms with Gasteiger partial charge in [-0.3, -0.25) is 0 Å². The molecule has 0 N–H and O–H groups in total. The number of hydrogen-bond donors (Lipinski definition) is 0. The molecule has 15 heteroatoms. The first-order chi connectivity index (χ1) is 40.8. The fourth-order valence-corrected chi connectivity index (χ4v) is 11.3. The van der Waals surface area contributed by atoms with E-state index in [2.05, 4.69) is 113 Å². The number of rotatable bonds is 21. The van der Waals surface area contributed by atoms with Crippen LogP contribution < -0.4 is 4.74 Å². The molecule has 0 radical (unpaired) electrons. The third kappa shape index (κ3) is 24.5. The van der Waals surface area contributed by atoms with Gasteiger partial charge in [0, 0.05) is 64.2 Å². The van der Waals surface area contributed by atoms with E-state index < -0.39 is 18.0 Å². The summed E-state index contributed by atoms with van der Waals surface area (Å²) in [6.45, 7) is 56.8. The Hall–Kier alpha value is -5.80. The topological polar surface area (TPSA) is 185 Å². The molecule has 5 aliphatic rings. The predicted molar refractivity (Wildman–Crippen MR) is 351 cm³/mol. The van der Waals surface area contributed by atoms with Crippen molar-refractivity contribution in [3.8, 4) is 5.75 Å². The SMILES string of the molecule is C=C(C)C(=O)OC1(C(C)(C)C)CCCC1.C=C(C)C(=O)OC1(C(C)(C)CC)CCCC1.C=C(C)C(=O)OC1(C(C)(C)COC)CCCC1.C=C(C)C(=O)OC1(C(C)C)CCCC1.C=C(C)C(=O)OC1CCOC1=O.C=Cc1ccc(OC(C)OCC)cc1. The first-order valence-electron chi connectivity index (χ1n) is 31.9. The number of carbonyl (C=O) groups is 6. The maximum Gasteiger partial charge on any atom is 0.347 e. The first-order valence-corrected chi connectivity index (χ1v) is 31.9. The largest absolute Gasteiger partial charge is 0.465 e. The summed E-state index contributed by atoms with van der Waals surface area (Å²) < 4.78 is 48.2. The van der Waals surface area contributed by atoms with Gasteiger partial charge in [0.2, 0.25) is 6.10 Å². The van der Waals surface area contributed by atoms with Crippen molar-refractivity contribution in [1.29, 1.82) is 0 Å². The summed E-state index contributed by atoms with van der Waals surface area (Å²) in [5.41, 5.74) is 2.07. The standard InChI is InChI=1S/C14H24O3.C14H24O2.C13H22O2.C12H20O2.C12H16O2.C8H10O4/c1-11(2)12(15)17-14(8-6-7-9-14)13(3,4)10-16-5;1-6-13(4,5)14(9-7-8-10-14)16-12(15)11(2)3;1-10(2)11(14)15-13(12(3,4)5)8-6-7-9-13;1-9(2)11(13)14-12(10(3)4)7-5-6-8-12;1-4-11-6-8-12(9-7-11)14-10(3)13-5-2;1-5(2)7(9)12-6-3-4-11-8(6)10/h1,6-10H2,2-5H3;2,6-10H2,1,3-5H3;1,6-9H2,2-5H3;10H,1,5-8H2,2-4H3;4,6-10H,1,5H2,2-3H3;6H,1,3-4H2,2H3. The van der Waals surface area contributed by atoms with Crippen molar-refractivity contribution in [3.63, 3.8) is 0 Å². The molecule has 498 valence electrons. The Labute approximate surface area is 531 Å². The number of benzene rings is 1. The molecule has 2 unspecified atom stereocenters. The van der Waals surface area contributed by atoms with E-state index in [1.807, 2.05) is 38.1 Å². The molecule has 0 spiro atoms. The van der Waals surface area contributed by atoms with Gasteiger partial charge >= 0.3 is 35.8 Å². The highest BCUT2D eigenvalue weighted by atomic mass is 16.7. The molecule has 1 aliphatic heterocycles. The van der Waals surface area contributed by atoms with Crippen molar-refractivity contribution in [2.24, 2.45) is 22.2 Å². The third-order valence-electron chi connectivity index (χ3n) is 17.8. The Morgan fingerprint density at radius 1 is 0.580 bits per heavy atom. The summed E-state index contributed by atoms with van der Waals surface area (Å²) in [5.74, 6) is -0.791. The molecule has 15 nitrogen and oxygen atoms in total. The van der Waals surface area contributed by atoms with Gasteiger partial charge < -0.3 is 42.6 Å². The van der Waals surface area contributed by atoms with E-state index >= 15 is 0 Å². The molecule has 0 aromatic heterocycles. The van der Waals surface area contributed by atoms with Crippen LogP contribution in [0.5, 0.6) is 5.75 Å². The first kappa shape index (κ1) is 80.2. The van der Waals surface area contributed by atoms with Crippen molar-refractivity contribution >= 4 is 41.9 Å². The number of ether oxygens (including phenoxy) is 9. The molecule has 1 aromatic carbocycles. The van der Waals surface area contributed by atoms with Gasteiger partial charge in [-0.15, -0.1) is 0 Å². The number of methoxy groups -OCH3 is 1. The lowest BCUT2D eigenvalue weighted by Gasteiger charge is -2.43. The van der Waals surface area contributed by atoms with Gasteiger partial charge in [0.25, 0.3) is 0 Å². The fourth-order valence-electron chi connectivity index (χ4n) is 11.3. The molecule has 6 rings (SSSR count). The van der Waals surface area contributed by atoms with Crippen LogP contribution >= 0.6 is 0 Å². The minimum atomic E-state index is -0.728. The van der Waals surface area contributed by atoms with Gasteiger partial charge in [-0.25, -0.2) is 28.8 Å². The van der Waals surface area contributed by atoms with E-state index in [0.29, 0.717) is 54.5 Å². The van der Waals surface area contributed by atoms with Crippen molar-refractivity contribution in [3.05, 3.63) is 97.2 Å². The van der Waals surface area contributed by atoms with Crippen LogP contribution in [0.2, 0.25) is 0 Å². The lowest BCUT2D eigenvalue weighted by Crippen LogP contribution is -2.48. The van der Waals surface area contributed by atoms with Crippen LogP contribution in [0.25, 0.3) is 6.08 Å². The van der Waals surface area contributed by atoms with Crippen LogP contribution in [0.15, 0.2) is 91.6 Å². The van der Waals surface area contributed by atoms with E-state index in [4.69, 9.17) is 37.9 Å². The average molecular weight is 1230 g/mol. The number of carbonyl (C=O) groups excluding carboxylic acids is 6. The summed E-state index contributed by atoms with van der Waals surface area (Å²) in [6, 6.07) is 7.74. The second-order valence-electron chi connectivity index (χ2n) is 27.1. The van der Waals surface area contributed by atoms with Crippen molar-refractivity contribution < 1.29 is 71.4 Å². The van der Waals surface area contributed by atoms with Gasteiger partial charge in [-0.2, -0.15) is 0 Å². The van der Waals surface area contributed by atoms with Crippen LogP contribution in [0.1, 0.15) is 239 Å². The molecule has 0 bridgehead atoms. The minimum Gasteiger partial charge on any atom is -0.465 e. The second-order valence-corrected chi connectivity index (χ2v) is 27.1. The average Bonchev–Trinajstić information content (AvgIpc) is 3.04. The molecular weight excluding hydrogens is 1120 g/mol. The normalized spacial score (nSPS) is 18.7. The van der Waals surface area contributed by atoms with Crippen LogP contribution in [0.3, 0.4) is 0 Å². The molecule has 1 heterocycles. The van der Waals surface area contributed by atoms with Gasteiger partial charge in [0.05, 0.1) is 13.2 Å². The Balaban J connectivity index is 0.000000530. The lowest BCUT2D eigenvalue weighted by atomic mass is 9.71. The zero-order valence-electron chi connectivity index (χ0n) is 57.8. The number of cyclic esters (lactones) is 1. The van der Waals surface area contributed by atoms with Crippen LogP contribution in [0, 0.1) is 22.2 Å². The Kier molecular flexibility index (Phi) is 33.5. The van der Waals surface area contributed by atoms with E-state index in [9.17, 15) is 28.8 Å². The monoisotopic (exact) mass is 1230 g/mol. The van der Waals surface area contributed by atoms with Crippen molar-refractivity contribution in [2.45, 2.75) is 268 Å². The van der Waals surface area contributed by atoms with E-state index in [1.165, 1.54) is 19.8 Å². The lowest BCUT2D eigenvalue weighted by molar-refractivity contribution is -0.174. The van der Waals surface area contributed by atoms with Crippen molar-refractivity contribution in [1.82, 2.24) is 0 Å². The predicted octanol–water partition coefficient (Wildman–Crippen LogP) is 17.0. The highest BCUT2D eigenvalue weighted by molar-refractivity contribution is 5.90. The summed E-state index contributed by atoms with van der Waals surface area (Å²) in [5, 5.41) is 0. The summed E-state index contributed by atoms with van der Waals surface area (Å²) in [4.78, 5) is 68.4. The number of hydrogen-bond acceptors (Lipinski definition) is 15. The molecular formula is C73H116O15. The fraction of sp³-hybridized carbons (Fsp3) is 0.671. The second kappa shape index (κ2) is 36.8. The number of esters is 6. The maximum absolute atomic E-state index is 11.8. The highest BCUT2D eigenvalue weighted by Crippen LogP contribution is 2.50. The molecule has 4 saturated carbocycles. The van der Waals surface area contributed by atoms with E-state index in [-0.39, 0.29) is 74.4 Å². The Morgan fingerprint density at radius 3 is 1.28 bits per heavy atom. The molecule has 5 fully saturated rings. The smallest absolute Gasteiger partial charge is 0.347 e. The van der Waals surface area contributed by atoms with E-state index in [1.54, 1.807) is 40.9 Å². The molecule has 88 heavy (non-hydrogen) atoms. The van der Waals surface area contributed by atoms with Gasteiger partial charge in [-0.1, -0.05) is 127 Å². The van der Waals surface area contributed by atoms with Crippen LogP contribution in [-0.4, -0.2) is 97.5 Å². The quantitative estimate of drug-likeness (QED) is 0.0489. The van der Waals surface area contributed by atoms with Crippen LogP contribution in [-0.2, 0) is 66.7 Å². The molecule has 1 saturated heterocycles. The Bertz CT molecular complexity index is 2480. The summed E-state index contributed by atoms with van der Waals surface area (Å²) >= 11 is 0. The van der Waals surface area contributed by atoms with Crippen LogP contribution in [0.4, 0.5) is 0 Å². The van der Waals surface area contributed by atoms with E-state index in [0.717, 1.165) is 108 Å².